The van der Waals surface area contributed by atoms with Crippen molar-refractivity contribution in [3.05, 3.63) is 64.8 Å². The average molecular weight is 451 g/mol. The van der Waals surface area contributed by atoms with Crippen molar-refractivity contribution < 1.29 is 23.5 Å². The minimum absolute atomic E-state index is 0.0638. The van der Waals surface area contributed by atoms with Gasteiger partial charge in [-0.15, -0.1) is 0 Å². The van der Waals surface area contributed by atoms with E-state index in [1.54, 1.807) is 12.1 Å². The van der Waals surface area contributed by atoms with Crippen LogP contribution >= 0.6 is 0 Å². The summed E-state index contributed by atoms with van der Waals surface area (Å²) in [6.07, 6.45) is 9.02. The number of hydrogen-bond acceptors (Lipinski definition) is 5. The van der Waals surface area contributed by atoms with Crippen molar-refractivity contribution >= 4 is 18.0 Å². The lowest BCUT2D eigenvalue weighted by Crippen LogP contribution is -2.46. The Balaban J connectivity index is 1.54. The summed E-state index contributed by atoms with van der Waals surface area (Å²) in [5.41, 5.74) is 5.19. The lowest BCUT2D eigenvalue weighted by Gasteiger charge is -2.49. The minimum atomic E-state index is -0.538. The van der Waals surface area contributed by atoms with E-state index in [0.717, 1.165) is 36.2 Å². The number of fused-ring (bicyclic) bond motifs is 4. The number of halogens is 1. The summed E-state index contributed by atoms with van der Waals surface area (Å²) in [5, 5.41) is 4.59. The molecule has 3 aliphatic carbocycles. The number of nitrogens with zero attached hydrogens (tertiary/aromatic N) is 2. The Bertz CT molecular complexity index is 1180. The van der Waals surface area contributed by atoms with Gasteiger partial charge in [-0.3, -0.25) is 9.59 Å². The van der Waals surface area contributed by atoms with E-state index in [1.165, 1.54) is 37.5 Å². The Hall–Kier alpha value is -3.22. The van der Waals surface area contributed by atoms with E-state index in [0.29, 0.717) is 6.42 Å². The average Bonchev–Trinajstić information content (AvgIpc) is 3.23. The topological polar surface area (TPSA) is 70.4 Å². The van der Waals surface area contributed by atoms with Crippen molar-refractivity contribution in [3.63, 3.8) is 0 Å². The second kappa shape index (κ2) is 7.97. The number of carbonyl (C=O) groups excluding carboxylic acids is 2. The number of hydrogen-bond donors (Lipinski definition) is 0. The molecule has 3 aliphatic rings. The molecule has 1 heterocycles. The second-order valence-corrected chi connectivity index (χ2v) is 9.34. The molecule has 0 aliphatic heterocycles. The van der Waals surface area contributed by atoms with E-state index in [1.807, 2.05) is 10.9 Å². The molecule has 0 bridgehead atoms. The molecule has 1 aromatic carbocycles. The molecule has 1 aromatic heterocycles. The van der Waals surface area contributed by atoms with Gasteiger partial charge in [-0.25, -0.2) is 9.07 Å². The van der Waals surface area contributed by atoms with Crippen LogP contribution in [0.3, 0.4) is 0 Å². The first-order valence-corrected chi connectivity index (χ1v) is 11.3. The van der Waals surface area contributed by atoms with Crippen molar-refractivity contribution in [2.45, 2.75) is 32.6 Å². The molecule has 1 fully saturated rings. The third-order valence-electron chi connectivity index (χ3n) is 7.72. The highest BCUT2D eigenvalue weighted by Gasteiger charge is 2.52. The van der Waals surface area contributed by atoms with Gasteiger partial charge in [0.05, 0.1) is 43.6 Å². The van der Waals surface area contributed by atoms with Crippen LogP contribution < -0.4 is 0 Å². The van der Waals surface area contributed by atoms with Gasteiger partial charge in [0.1, 0.15) is 5.82 Å². The molecule has 5 rings (SSSR count). The number of esters is 2. The van der Waals surface area contributed by atoms with Crippen LogP contribution in [0.15, 0.2) is 47.7 Å². The van der Waals surface area contributed by atoms with E-state index < -0.39 is 11.8 Å². The number of methoxy groups -OCH3 is 2. The van der Waals surface area contributed by atoms with Gasteiger partial charge in [-0.2, -0.15) is 5.10 Å². The summed E-state index contributed by atoms with van der Waals surface area (Å²) < 4.78 is 25.4. The zero-order valence-electron chi connectivity index (χ0n) is 19.0. The fraction of sp³-hybridized carbons (Fsp3) is 0.423. The Morgan fingerprint density at radius 1 is 1.15 bits per heavy atom. The molecule has 33 heavy (non-hydrogen) atoms. The quantitative estimate of drug-likeness (QED) is 0.516. The van der Waals surface area contributed by atoms with Gasteiger partial charge in [0.15, 0.2) is 0 Å². The molecule has 6 nitrogen and oxygen atoms in total. The Morgan fingerprint density at radius 3 is 2.58 bits per heavy atom. The fourth-order valence-corrected chi connectivity index (χ4v) is 6.09. The fourth-order valence-electron chi connectivity index (χ4n) is 6.09. The maximum atomic E-state index is 13.4. The van der Waals surface area contributed by atoms with Gasteiger partial charge in [0.2, 0.25) is 0 Å². The van der Waals surface area contributed by atoms with Gasteiger partial charge in [0, 0.05) is 5.41 Å². The summed E-state index contributed by atoms with van der Waals surface area (Å²) >= 11 is 0. The van der Waals surface area contributed by atoms with Gasteiger partial charge in [-0.1, -0.05) is 24.1 Å². The SMILES string of the molecule is COC(=O)[C@@H]1[C@@H](C(=O)OC)CC=C2[C@@H]1CCC1=Cc3c(cnn3-c3ccc(F)cc3)C[C@@]12C. The normalized spacial score (nSPS) is 27.9. The Kier molecular flexibility index (Phi) is 5.22. The molecule has 0 amide bonds. The molecule has 0 unspecified atom stereocenters. The smallest absolute Gasteiger partial charge is 0.310 e. The Labute approximate surface area is 192 Å². The predicted molar refractivity (Wildman–Crippen MR) is 120 cm³/mol. The number of benzene rings is 1. The first-order chi connectivity index (χ1) is 15.9. The van der Waals surface area contributed by atoms with Crippen LogP contribution in [0.25, 0.3) is 11.8 Å². The predicted octanol–water partition coefficient (Wildman–Crippen LogP) is 4.28. The Morgan fingerprint density at radius 2 is 1.88 bits per heavy atom. The number of carbonyl (C=O) groups is 2. The van der Waals surface area contributed by atoms with Crippen molar-refractivity contribution in [3.8, 4) is 5.69 Å². The summed E-state index contributed by atoms with van der Waals surface area (Å²) in [6.45, 7) is 2.22. The standard InChI is InChI=1S/C26H27FN2O4/c1-26-13-15-14-28-29(18-7-5-17(27)6-8-18)22(15)12-16(26)4-9-19-21(26)11-10-20(24(30)32-2)23(19)25(31)33-3/h5-8,11-12,14,19-20,23H,4,9-10,13H2,1-3H3/t19-,20-,23-,26-/m0/s1. The van der Waals surface area contributed by atoms with Crippen molar-refractivity contribution in [2.75, 3.05) is 14.2 Å². The van der Waals surface area contributed by atoms with E-state index >= 15 is 0 Å². The molecule has 0 radical (unpaired) electrons. The third-order valence-corrected chi connectivity index (χ3v) is 7.72. The van der Waals surface area contributed by atoms with Crippen LogP contribution in [0.4, 0.5) is 4.39 Å². The highest BCUT2D eigenvalue weighted by atomic mass is 19.1. The van der Waals surface area contributed by atoms with Crippen LogP contribution in [0.5, 0.6) is 0 Å². The molecular weight excluding hydrogens is 423 g/mol. The zero-order valence-corrected chi connectivity index (χ0v) is 19.0. The maximum Gasteiger partial charge on any atom is 0.310 e. The van der Waals surface area contributed by atoms with Gasteiger partial charge in [-0.05, 0) is 67.5 Å². The monoisotopic (exact) mass is 450 g/mol. The van der Waals surface area contributed by atoms with Gasteiger partial charge < -0.3 is 9.47 Å². The van der Waals surface area contributed by atoms with Crippen LogP contribution in [0, 0.1) is 29.0 Å². The number of rotatable bonds is 3. The van der Waals surface area contributed by atoms with Crippen molar-refractivity contribution in [2.24, 2.45) is 23.2 Å². The molecule has 172 valence electrons. The molecule has 0 saturated heterocycles. The van der Waals surface area contributed by atoms with Crippen LogP contribution in [0.2, 0.25) is 0 Å². The number of allylic oxidation sites excluding steroid dienone is 3. The second-order valence-electron chi connectivity index (χ2n) is 9.34. The molecule has 0 N–H and O–H groups in total. The van der Waals surface area contributed by atoms with Crippen LogP contribution in [-0.4, -0.2) is 35.9 Å². The minimum Gasteiger partial charge on any atom is -0.469 e. The first-order valence-electron chi connectivity index (χ1n) is 11.3. The number of ether oxygens (including phenoxy) is 2. The largest absolute Gasteiger partial charge is 0.469 e. The van der Waals surface area contributed by atoms with E-state index in [-0.39, 0.29) is 29.1 Å². The van der Waals surface area contributed by atoms with Gasteiger partial charge >= 0.3 is 11.9 Å². The summed E-state index contributed by atoms with van der Waals surface area (Å²) in [4.78, 5) is 25.2. The molecule has 1 saturated carbocycles. The van der Waals surface area contributed by atoms with Crippen LogP contribution in [0.1, 0.15) is 37.4 Å². The molecule has 0 spiro atoms. The molecule has 4 atom stereocenters. The maximum absolute atomic E-state index is 13.4. The van der Waals surface area contributed by atoms with Crippen molar-refractivity contribution in [1.29, 1.82) is 0 Å². The number of aromatic nitrogens is 2. The summed E-state index contributed by atoms with van der Waals surface area (Å²) in [5.74, 6) is -2.11. The van der Waals surface area contributed by atoms with Crippen LogP contribution in [-0.2, 0) is 25.5 Å². The lowest BCUT2D eigenvalue weighted by atomic mass is 9.54. The highest BCUT2D eigenvalue weighted by molar-refractivity contribution is 5.83. The van der Waals surface area contributed by atoms with E-state index in [2.05, 4.69) is 24.2 Å². The first kappa shape index (κ1) is 21.6. The molecule has 7 heteroatoms. The third kappa shape index (κ3) is 3.33. The summed E-state index contributed by atoms with van der Waals surface area (Å²) in [6, 6.07) is 6.32. The molecule has 2 aromatic rings. The molecular formula is C26H27FN2O4. The van der Waals surface area contributed by atoms with Gasteiger partial charge in [0.25, 0.3) is 0 Å². The summed E-state index contributed by atoms with van der Waals surface area (Å²) in [7, 11) is 2.74. The van der Waals surface area contributed by atoms with E-state index in [4.69, 9.17) is 9.47 Å². The zero-order chi connectivity index (χ0) is 23.3. The van der Waals surface area contributed by atoms with E-state index in [9.17, 15) is 14.0 Å². The highest BCUT2D eigenvalue weighted by Crippen LogP contribution is 2.57. The van der Waals surface area contributed by atoms with Crippen molar-refractivity contribution in [1.82, 2.24) is 9.78 Å². The lowest BCUT2D eigenvalue weighted by molar-refractivity contribution is -0.160.